The lowest BCUT2D eigenvalue weighted by atomic mass is 9.90. The Morgan fingerprint density at radius 2 is 1.68 bits per heavy atom. The molecule has 0 bridgehead atoms. The molecule has 0 amide bonds. The second-order valence-electron chi connectivity index (χ2n) is 6.25. The monoisotopic (exact) mass is 274 g/mol. The maximum atomic E-state index is 5.90. The molecule has 2 nitrogen and oxygen atoms in total. The number of hydrogen-bond donors (Lipinski definition) is 1. The molecule has 0 spiro atoms. The number of anilines is 1. The molecule has 0 radical (unpaired) electrons. The molecule has 2 N–H and O–H groups in total. The number of thiazole rings is 1. The summed E-state index contributed by atoms with van der Waals surface area (Å²) in [5.74, 6) is 0. The Kier molecular flexibility index (Phi) is 3.68. The summed E-state index contributed by atoms with van der Waals surface area (Å²) in [5, 5.41) is 0.671. The standard InChI is InChI=1S/C16H22N2S/c1-10-6-11(2)8-12(7-10)9-13-14(16(3,4)5)18-15(17)19-13/h6-8H,9H2,1-5H3,(H2,17,18). The molecule has 1 aromatic heterocycles. The first-order valence-electron chi connectivity index (χ1n) is 6.58. The number of hydrogen-bond acceptors (Lipinski definition) is 3. The van der Waals surface area contributed by atoms with E-state index < -0.39 is 0 Å². The van der Waals surface area contributed by atoms with Crippen LogP contribution in [0, 0.1) is 13.8 Å². The van der Waals surface area contributed by atoms with E-state index in [0.717, 1.165) is 12.1 Å². The van der Waals surface area contributed by atoms with Crippen LogP contribution in [0.3, 0.4) is 0 Å². The van der Waals surface area contributed by atoms with E-state index in [2.05, 4.69) is 57.8 Å². The highest BCUT2D eigenvalue weighted by Crippen LogP contribution is 2.32. The zero-order chi connectivity index (χ0) is 14.2. The molecule has 19 heavy (non-hydrogen) atoms. The first kappa shape index (κ1) is 14.1. The van der Waals surface area contributed by atoms with Gasteiger partial charge in [0.25, 0.3) is 0 Å². The number of nitrogens with zero attached hydrogens (tertiary/aromatic N) is 1. The van der Waals surface area contributed by atoms with E-state index in [-0.39, 0.29) is 5.41 Å². The molecule has 0 aliphatic carbocycles. The number of aromatic nitrogens is 1. The molecule has 0 fully saturated rings. The van der Waals surface area contributed by atoms with Crippen LogP contribution in [0.25, 0.3) is 0 Å². The zero-order valence-electron chi connectivity index (χ0n) is 12.4. The third-order valence-corrected chi connectivity index (χ3v) is 3.95. The Labute approximate surface area is 119 Å². The summed E-state index contributed by atoms with van der Waals surface area (Å²) in [6.45, 7) is 10.8. The molecule has 1 heterocycles. The average Bonchev–Trinajstić information content (AvgIpc) is 2.57. The van der Waals surface area contributed by atoms with Crippen LogP contribution < -0.4 is 5.73 Å². The largest absolute Gasteiger partial charge is 0.375 e. The van der Waals surface area contributed by atoms with E-state index in [1.54, 1.807) is 11.3 Å². The van der Waals surface area contributed by atoms with Gasteiger partial charge in [0.2, 0.25) is 0 Å². The van der Waals surface area contributed by atoms with Gasteiger partial charge in [-0.1, -0.05) is 50.1 Å². The summed E-state index contributed by atoms with van der Waals surface area (Å²) < 4.78 is 0. The van der Waals surface area contributed by atoms with E-state index >= 15 is 0 Å². The van der Waals surface area contributed by atoms with Crippen molar-refractivity contribution < 1.29 is 0 Å². The van der Waals surface area contributed by atoms with E-state index in [9.17, 15) is 0 Å². The van der Waals surface area contributed by atoms with Crippen LogP contribution in [0.1, 0.15) is 48.0 Å². The number of benzene rings is 1. The molecule has 3 heteroatoms. The van der Waals surface area contributed by atoms with Gasteiger partial charge in [-0.15, -0.1) is 11.3 Å². The van der Waals surface area contributed by atoms with Crippen LogP contribution in [0.15, 0.2) is 18.2 Å². The van der Waals surface area contributed by atoms with E-state index in [4.69, 9.17) is 5.73 Å². The van der Waals surface area contributed by atoms with Gasteiger partial charge in [-0.3, -0.25) is 0 Å². The first-order chi connectivity index (χ1) is 8.75. The normalized spacial score (nSPS) is 11.8. The summed E-state index contributed by atoms with van der Waals surface area (Å²) in [5.41, 5.74) is 11.0. The maximum Gasteiger partial charge on any atom is 0.180 e. The number of aryl methyl sites for hydroxylation is 2. The Balaban J connectivity index is 2.38. The molecule has 2 rings (SSSR count). The van der Waals surface area contributed by atoms with Crippen molar-refractivity contribution in [2.24, 2.45) is 0 Å². The third kappa shape index (κ3) is 3.35. The number of nitrogens with two attached hydrogens (primary N) is 1. The van der Waals surface area contributed by atoms with Crippen LogP contribution in [-0.2, 0) is 11.8 Å². The van der Waals surface area contributed by atoms with Gasteiger partial charge in [0.05, 0.1) is 5.69 Å². The molecule has 1 aromatic carbocycles. The quantitative estimate of drug-likeness (QED) is 0.890. The molecule has 0 aliphatic rings. The minimum atomic E-state index is 0.0440. The molecular weight excluding hydrogens is 252 g/mol. The fourth-order valence-corrected chi connectivity index (χ4v) is 3.51. The smallest absolute Gasteiger partial charge is 0.180 e. The van der Waals surface area contributed by atoms with Crippen molar-refractivity contribution >= 4 is 16.5 Å². The fourth-order valence-electron chi connectivity index (χ4n) is 2.43. The Hall–Kier alpha value is -1.35. The van der Waals surface area contributed by atoms with Crippen LogP contribution in [0.2, 0.25) is 0 Å². The number of rotatable bonds is 2. The lowest BCUT2D eigenvalue weighted by Gasteiger charge is -2.17. The molecule has 2 aromatic rings. The van der Waals surface area contributed by atoms with Crippen molar-refractivity contribution in [3.63, 3.8) is 0 Å². The lowest BCUT2D eigenvalue weighted by Crippen LogP contribution is -2.14. The van der Waals surface area contributed by atoms with Crippen LogP contribution in [-0.4, -0.2) is 4.98 Å². The van der Waals surface area contributed by atoms with E-state index in [0.29, 0.717) is 5.13 Å². The van der Waals surface area contributed by atoms with Crippen molar-refractivity contribution in [1.29, 1.82) is 0 Å². The van der Waals surface area contributed by atoms with Crippen LogP contribution in [0.4, 0.5) is 5.13 Å². The molecule has 0 saturated carbocycles. The SMILES string of the molecule is Cc1cc(C)cc(Cc2sc(N)nc2C(C)(C)C)c1. The summed E-state index contributed by atoms with van der Waals surface area (Å²) in [4.78, 5) is 5.81. The number of nitrogen functional groups attached to an aromatic ring is 1. The van der Waals surface area contributed by atoms with Gasteiger partial charge in [-0.2, -0.15) is 0 Å². The maximum absolute atomic E-state index is 5.90. The summed E-state index contributed by atoms with van der Waals surface area (Å²) in [6, 6.07) is 6.69. The van der Waals surface area contributed by atoms with Crippen molar-refractivity contribution in [3.05, 3.63) is 45.5 Å². The van der Waals surface area contributed by atoms with Gasteiger partial charge in [0, 0.05) is 16.7 Å². The summed E-state index contributed by atoms with van der Waals surface area (Å²) in [7, 11) is 0. The van der Waals surface area contributed by atoms with E-state index in [1.807, 2.05) is 0 Å². The summed E-state index contributed by atoms with van der Waals surface area (Å²) >= 11 is 1.61. The average molecular weight is 274 g/mol. The van der Waals surface area contributed by atoms with Crippen molar-refractivity contribution in [2.75, 3.05) is 5.73 Å². The molecule has 0 aliphatic heterocycles. The Morgan fingerprint density at radius 1 is 1.11 bits per heavy atom. The second kappa shape index (κ2) is 4.97. The minimum absolute atomic E-state index is 0.0440. The minimum Gasteiger partial charge on any atom is -0.375 e. The predicted molar refractivity (Wildman–Crippen MR) is 83.9 cm³/mol. The molecule has 102 valence electrons. The van der Waals surface area contributed by atoms with E-state index in [1.165, 1.54) is 21.6 Å². The third-order valence-electron chi connectivity index (χ3n) is 3.07. The molecule has 0 unspecified atom stereocenters. The summed E-state index contributed by atoms with van der Waals surface area (Å²) in [6.07, 6.45) is 0.921. The van der Waals surface area contributed by atoms with Crippen LogP contribution in [0.5, 0.6) is 0 Å². The highest BCUT2D eigenvalue weighted by atomic mass is 32.1. The highest BCUT2D eigenvalue weighted by Gasteiger charge is 2.22. The second-order valence-corrected chi connectivity index (χ2v) is 7.36. The van der Waals surface area contributed by atoms with Crippen molar-refractivity contribution in [2.45, 2.75) is 46.5 Å². The molecular formula is C16H22N2S. The van der Waals surface area contributed by atoms with Gasteiger partial charge in [0.1, 0.15) is 0 Å². The van der Waals surface area contributed by atoms with Gasteiger partial charge < -0.3 is 5.73 Å². The van der Waals surface area contributed by atoms with Gasteiger partial charge in [-0.05, 0) is 19.4 Å². The van der Waals surface area contributed by atoms with Gasteiger partial charge >= 0.3 is 0 Å². The molecule has 0 atom stereocenters. The van der Waals surface area contributed by atoms with Crippen molar-refractivity contribution in [3.8, 4) is 0 Å². The van der Waals surface area contributed by atoms with Crippen molar-refractivity contribution in [1.82, 2.24) is 4.98 Å². The zero-order valence-corrected chi connectivity index (χ0v) is 13.2. The predicted octanol–water partition coefficient (Wildman–Crippen LogP) is 4.23. The fraction of sp³-hybridized carbons (Fsp3) is 0.438. The van der Waals surface area contributed by atoms with Crippen LogP contribution >= 0.6 is 11.3 Å². The first-order valence-corrected chi connectivity index (χ1v) is 7.40. The Bertz CT molecular complexity index is 571. The Morgan fingerprint density at radius 3 is 2.21 bits per heavy atom. The lowest BCUT2D eigenvalue weighted by molar-refractivity contribution is 0.568. The van der Waals surface area contributed by atoms with Gasteiger partial charge in [-0.25, -0.2) is 4.98 Å². The van der Waals surface area contributed by atoms with Gasteiger partial charge in [0.15, 0.2) is 5.13 Å². The molecule has 0 saturated heterocycles. The topological polar surface area (TPSA) is 38.9 Å². The highest BCUT2D eigenvalue weighted by molar-refractivity contribution is 7.15.